The van der Waals surface area contributed by atoms with E-state index in [1.165, 1.54) is 51.1 Å². The summed E-state index contributed by atoms with van der Waals surface area (Å²) in [6.07, 6.45) is 5.88. The largest absolute Gasteiger partial charge is 0.342 e. The molecular formula is C18H33N3OS. The van der Waals surface area contributed by atoms with Crippen LogP contribution in [0.3, 0.4) is 0 Å². The van der Waals surface area contributed by atoms with Crippen LogP contribution < -0.4 is 5.32 Å². The molecule has 0 aromatic rings. The predicted octanol–water partition coefficient (Wildman–Crippen LogP) is 2.05. The van der Waals surface area contributed by atoms with Crippen LogP contribution in [0.15, 0.2) is 0 Å². The van der Waals surface area contributed by atoms with Gasteiger partial charge >= 0.3 is 0 Å². The molecule has 5 heteroatoms. The van der Waals surface area contributed by atoms with Crippen molar-refractivity contribution in [2.45, 2.75) is 45.1 Å². The van der Waals surface area contributed by atoms with Gasteiger partial charge in [0.1, 0.15) is 0 Å². The number of hydrogen-bond donors (Lipinski definition) is 1. The lowest BCUT2D eigenvalue weighted by atomic mass is 9.94. The molecule has 23 heavy (non-hydrogen) atoms. The first-order chi connectivity index (χ1) is 11.2. The molecule has 2 atom stereocenters. The first-order valence-corrected chi connectivity index (χ1v) is 10.7. The summed E-state index contributed by atoms with van der Waals surface area (Å²) in [7, 11) is 0. The van der Waals surface area contributed by atoms with Gasteiger partial charge in [-0.3, -0.25) is 4.79 Å². The van der Waals surface area contributed by atoms with Crippen molar-refractivity contribution in [2.24, 2.45) is 11.8 Å². The molecule has 0 saturated carbocycles. The van der Waals surface area contributed by atoms with Crippen LogP contribution in [0.25, 0.3) is 0 Å². The molecule has 0 radical (unpaired) electrons. The van der Waals surface area contributed by atoms with Crippen molar-refractivity contribution in [3.05, 3.63) is 0 Å². The summed E-state index contributed by atoms with van der Waals surface area (Å²) >= 11 is 1.98. The van der Waals surface area contributed by atoms with Gasteiger partial charge in [0.15, 0.2) is 0 Å². The van der Waals surface area contributed by atoms with E-state index < -0.39 is 0 Å². The van der Waals surface area contributed by atoms with E-state index in [0.717, 1.165) is 31.3 Å². The van der Waals surface area contributed by atoms with Crippen molar-refractivity contribution in [1.29, 1.82) is 0 Å². The van der Waals surface area contributed by atoms with Crippen LogP contribution in [0.1, 0.15) is 39.0 Å². The maximum Gasteiger partial charge on any atom is 0.224 e. The zero-order valence-electron chi connectivity index (χ0n) is 14.6. The van der Waals surface area contributed by atoms with E-state index in [1.54, 1.807) is 0 Å². The molecule has 3 aliphatic heterocycles. The minimum atomic E-state index is 0.377. The summed E-state index contributed by atoms with van der Waals surface area (Å²) < 4.78 is 0. The van der Waals surface area contributed by atoms with Gasteiger partial charge in [0.05, 0.1) is 0 Å². The van der Waals surface area contributed by atoms with Crippen molar-refractivity contribution < 1.29 is 4.79 Å². The fourth-order valence-electron chi connectivity index (χ4n) is 4.14. The molecule has 3 heterocycles. The average Bonchev–Trinajstić information content (AvgIpc) is 2.58. The fourth-order valence-corrected chi connectivity index (χ4v) is 5.09. The maximum atomic E-state index is 12.6. The maximum absolute atomic E-state index is 12.6. The number of hydrogen-bond acceptors (Lipinski definition) is 4. The molecule has 3 fully saturated rings. The summed E-state index contributed by atoms with van der Waals surface area (Å²) in [6, 6.07) is 0.394. The van der Waals surface area contributed by atoms with Gasteiger partial charge in [-0.1, -0.05) is 6.92 Å². The van der Waals surface area contributed by atoms with Crippen LogP contribution >= 0.6 is 11.8 Å². The lowest BCUT2D eigenvalue weighted by Gasteiger charge is -2.38. The molecule has 132 valence electrons. The molecule has 0 aromatic carbocycles. The number of amides is 1. The van der Waals surface area contributed by atoms with Gasteiger partial charge in [-0.15, -0.1) is 0 Å². The number of likely N-dealkylation sites (tertiary alicyclic amines) is 2. The molecule has 1 N–H and O–H groups in total. The van der Waals surface area contributed by atoms with E-state index in [9.17, 15) is 4.79 Å². The summed E-state index contributed by atoms with van der Waals surface area (Å²) in [6.45, 7) is 9.11. The zero-order chi connectivity index (χ0) is 16.1. The number of carbonyl (C=O) groups excluding carboxylic acids is 1. The quantitative estimate of drug-likeness (QED) is 0.850. The summed E-state index contributed by atoms with van der Waals surface area (Å²) in [5.41, 5.74) is 0. The highest BCUT2D eigenvalue weighted by molar-refractivity contribution is 7.99. The minimum Gasteiger partial charge on any atom is -0.342 e. The van der Waals surface area contributed by atoms with Crippen molar-refractivity contribution >= 4 is 17.7 Å². The predicted molar refractivity (Wildman–Crippen MR) is 97.9 cm³/mol. The number of nitrogens with zero attached hydrogens (tertiary/aromatic N) is 2. The standard InChI is InChI=1S/C18H33N3OS/c1-15-4-8-20(9-5-15)12-16-3-2-7-21(13-16)18(22)11-17-14-23-10-6-19-17/h15-17,19H,2-14H2,1H3. The van der Waals surface area contributed by atoms with Crippen molar-refractivity contribution in [3.63, 3.8) is 0 Å². The Hall–Kier alpha value is -0.260. The number of carbonyl (C=O) groups is 1. The Labute approximate surface area is 145 Å². The molecule has 0 aromatic heterocycles. The molecule has 4 nitrogen and oxygen atoms in total. The van der Waals surface area contributed by atoms with Crippen LogP contribution in [0, 0.1) is 11.8 Å². The minimum absolute atomic E-state index is 0.377. The average molecular weight is 340 g/mol. The second kappa shape index (κ2) is 8.72. The molecule has 1 amide bonds. The Morgan fingerprint density at radius 3 is 2.78 bits per heavy atom. The molecular weight excluding hydrogens is 306 g/mol. The Balaban J connectivity index is 1.42. The molecule has 3 aliphatic rings. The lowest BCUT2D eigenvalue weighted by Crippen LogP contribution is -2.47. The second-order valence-electron chi connectivity index (χ2n) is 7.76. The van der Waals surface area contributed by atoms with Crippen molar-refractivity contribution in [3.8, 4) is 0 Å². The number of nitrogens with one attached hydrogen (secondary N) is 1. The first kappa shape index (κ1) is 17.6. The van der Waals surface area contributed by atoms with Crippen LogP contribution in [-0.4, -0.2) is 72.5 Å². The second-order valence-corrected chi connectivity index (χ2v) is 8.91. The van der Waals surface area contributed by atoms with Gasteiger partial charge in [0.25, 0.3) is 0 Å². The van der Waals surface area contributed by atoms with Crippen LogP contribution in [0.4, 0.5) is 0 Å². The molecule has 0 spiro atoms. The van der Waals surface area contributed by atoms with Gasteiger partial charge in [-0.2, -0.15) is 11.8 Å². The van der Waals surface area contributed by atoms with Crippen LogP contribution in [-0.2, 0) is 4.79 Å². The zero-order valence-corrected chi connectivity index (χ0v) is 15.5. The Kier molecular flexibility index (Phi) is 6.66. The first-order valence-electron chi connectivity index (χ1n) is 9.52. The highest BCUT2D eigenvalue weighted by Gasteiger charge is 2.28. The van der Waals surface area contributed by atoms with E-state index >= 15 is 0 Å². The smallest absolute Gasteiger partial charge is 0.224 e. The summed E-state index contributed by atoms with van der Waals surface area (Å²) in [5.74, 6) is 4.24. The topological polar surface area (TPSA) is 35.6 Å². The van der Waals surface area contributed by atoms with E-state index in [4.69, 9.17) is 0 Å². The third kappa shape index (κ3) is 5.36. The van der Waals surface area contributed by atoms with Gasteiger partial charge < -0.3 is 15.1 Å². The monoisotopic (exact) mass is 339 g/mol. The highest BCUT2D eigenvalue weighted by Crippen LogP contribution is 2.22. The number of rotatable bonds is 4. The Bertz CT molecular complexity index is 378. The third-order valence-corrected chi connectivity index (χ3v) is 6.81. The molecule has 0 bridgehead atoms. The Morgan fingerprint density at radius 2 is 2.04 bits per heavy atom. The highest BCUT2D eigenvalue weighted by atomic mass is 32.2. The van der Waals surface area contributed by atoms with E-state index in [1.807, 2.05) is 11.8 Å². The van der Waals surface area contributed by atoms with E-state index in [2.05, 4.69) is 22.0 Å². The van der Waals surface area contributed by atoms with E-state index in [0.29, 0.717) is 24.3 Å². The van der Waals surface area contributed by atoms with E-state index in [-0.39, 0.29) is 0 Å². The van der Waals surface area contributed by atoms with Crippen molar-refractivity contribution in [1.82, 2.24) is 15.1 Å². The van der Waals surface area contributed by atoms with Gasteiger partial charge in [0, 0.05) is 50.1 Å². The number of thioether (sulfide) groups is 1. The number of piperidine rings is 2. The Morgan fingerprint density at radius 1 is 1.22 bits per heavy atom. The normalized spacial score (nSPS) is 31.3. The summed E-state index contributed by atoms with van der Waals surface area (Å²) in [5, 5.41) is 3.49. The SMILES string of the molecule is CC1CCN(CC2CCCN(C(=O)CC3CSCCN3)C2)CC1. The van der Waals surface area contributed by atoms with Gasteiger partial charge in [-0.25, -0.2) is 0 Å². The molecule has 2 unspecified atom stereocenters. The van der Waals surface area contributed by atoms with Gasteiger partial charge in [0.2, 0.25) is 5.91 Å². The van der Waals surface area contributed by atoms with Gasteiger partial charge in [-0.05, 0) is 50.6 Å². The van der Waals surface area contributed by atoms with Crippen molar-refractivity contribution in [2.75, 3.05) is 50.8 Å². The third-order valence-electron chi connectivity index (χ3n) is 5.68. The molecule has 3 saturated heterocycles. The molecule has 0 aliphatic carbocycles. The summed E-state index contributed by atoms with van der Waals surface area (Å²) in [4.78, 5) is 17.4. The molecule has 3 rings (SSSR count). The van der Waals surface area contributed by atoms with Crippen LogP contribution in [0.5, 0.6) is 0 Å². The lowest BCUT2D eigenvalue weighted by molar-refractivity contribution is -0.133. The van der Waals surface area contributed by atoms with Crippen LogP contribution in [0.2, 0.25) is 0 Å². The fraction of sp³-hybridized carbons (Fsp3) is 0.944.